The minimum absolute atomic E-state index is 0.127. The Bertz CT molecular complexity index is 913. The van der Waals surface area contributed by atoms with Gasteiger partial charge in [-0.1, -0.05) is 26.0 Å². The smallest absolute Gasteiger partial charge is 0.243 e. The second-order valence-corrected chi connectivity index (χ2v) is 10.9. The van der Waals surface area contributed by atoms with Gasteiger partial charge in [0.2, 0.25) is 17.7 Å². The zero-order valence-corrected chi connectivity index (χ0v) is 19.9. The molecule has 0 unspecified atom stereocenters. The number of amides is 3. The largest absolute Gasteiger partial charge is 0.347 e. The zero-order valence-electron chi connectivity index (χ0n) is 19.9. The van der Waals surface area contributed by atoms with Gasteiger partial charge >= 0.3 is 0 Å². The molecule has 7 nitrogen and oxygen atoms in total. The van der Waals surface area contributed by atoms with Crippen LogP contribution in [0.2, 0.25) is 0 Å². The van der Waals surface area contributed by atoms with Crippen molar-refractivity contribution < 1.29 is 14.4 Å². The molecule has 4 rings (SSSR count). The fourth-order valence-electron chi connectivity index (χ4n) is 5.46. The Labute approximate surface area is 190 Å². The molecule has 174 valence electrons. The molecule has 0 bridgehead atoms. The van der Waals surface area contributed by atoms with Crippen LogP contribution in [0.1, 0.15) is 84.0 Å². The van der Waals surface area contributed by atoms with Gasteiger partial charge in [0.25, 0.3) is 0 Å². The van der Waals surface area contributed by atoms with Crippen LogP contribution in [0.3, 0.4) is 0 Å². The molecule has 4 atom stereocenters. The molecular weight excluding hydrogens is 404 g/mol. The standard InChI is InChI=1S/C25H36N4O3/c1-15(2)13-21(28-23(31)16-9-6-7-10-17(16)24(28)32)22(30)27-19-11-8-12-20-18(19)14-26-29(20)25(3,4)5/h6-7,14-17,19,21H,8-13H2,1-5H3,(H,27,30)/t16-,17+,19-,21+/m0/s1. The number of carbonyl (C=O) groups excluding carboxylic acids is 3. The highest BCUT2D eigenvalue weighted by molar-refractivity contribution is 6.08. The molecular formula is C25H36N4O3. The van der Waals surface area contributed by atoms with E-state index < -0.39 is 6.04 Å². The lowest BCUT2D eigenvalue weighted by atomic mass is 9.85. The zero-order chi connectivity index (χ0) is 23.2. The summed E-state index contributed by atoms with van der Waals surface area (Å²) in [4.78, 5) is 41.2. The van der Waals surface area contributed by atoms with Gasteiger partial charge in [0.15, 0.2) is 0 Å². The number of carbonyl (C=O) groups is 3. The fraction of sp³-hybridized carbons (Fsp3) is 0.680. The van der Waals surface area contributed by atoms with Crippen molar-refractivity contribution in [1.82, 2.24) is 20.0 Å². The second kappa shape index (κ2) is 8.49. The number of hydrogen-bond acceptors (Lipinski definition) is 4. The summed E-state index contributed by atoms with van der Waals surface area (Å²) >= 11 is 0. The van der Waals surface area contributed by atoms with Gasteiger partial charge in [0.1, 0.15) is 6.04 Å². The molecule has 1 aromatic rings. The number of aromatic nitrogens is 2. The number of rotatable bonds is 5. The lowest BCUT2D eigenvalue weighted by Crippen LogP contribution is -2.51. The van der Waals surface area contributed by atoms with E-state index in [-0.39, 0.29) is 47.1 Å². The molecule has 3 amide bonds. The fourth-order valence-corrected chi connectivity index (χ4v) is 5.46. The highest BCUT2D eigenvalue weighted by Crippen LogP contribution is 2.38. The molecule has 3 aliphatic rings. The Morgan fingerprint density at radius 1 is 1.16 bits per heavy atom. The highest BCUT2D eigenvalue weighted by atomic mass is 16.2. The van der Waals surface area contributed by atoms with E-state index in [1.165, 1.54) is 10.6 Å². The summed E-state index contributed by atoms with van der Waals surface area (Å²) < 4.78 is 2.05. The molecule has 1 aromatic heterocycles. The summed E-state index contributed by atoms with van der Waals surface area (Å²) in [6, 6.07) is -0.905. The first-order valence-electron chi connectivity index (χ1n) is 12.0. The summed E-state index contributed by atoms with van der Waals surface area (Å²) in [6.07, 6.45) is 10.2. The predicted molar refractivity (Wildman–Crippen MR) is 121 cm³/mol. The van der Waals surface area contributed by atoms with Crippen LogP contribution in [0.15, 0.2) is 18.3 Å². The molecule has 2 heterocycles. The van der Waals surface area contributed by atoms with Crippen molar-refractivity contribution in [2.24, 2.45) is 17.8 Å². The first-order chi connectivity index (χ1) is 15.1. The number of allylic oxidation sites excluding steroid dienone is 2. The molecule has 0 radical (unpaired) electrons. The molecule has 1 N–H and O–H groups in total. The van der Waals surface area contributed by atoms with Gasteiger partial charge in [-0.05, 0) is 65.2 Å². The molecule has 32 heavy (non-hydrogen) atoms. The van der Waals surface area contributed by atoms with Crippen molar-refractivity contribution in [1.29, 1.82) is 0 Å². The van der Waals surface area contributed by atoms with Crippen LogP contribution in [-0.2, 0) is 26.3 Å². The van der Waals surface area contributed by atoms with E-state index >= 15 is 0 Å². The Kier molecular flexibility index (Phi) is 6.03. The average Bonchev–Trinajstić information content (AvgIpc) is 3.27. The maximum Gasteiger partial charge on any atom is 0.243 e. The van der Waals surface area contributed by atoms with Gasteiger partial charge in [0, 0.05) is 11.3 Å². The minimum atomic E-state index is -0.761. The first-order valence-corrected chi connectivity index (χ1v) is 12.0. The number of nitrogens with zero attached hydrogens (tertiary/aromatic N) is 3. The van der Waals surface area contributed by atoms with Crippen molar-refractivity contribution in [2.75, 3.05) is 0 Å². The highest BCUT2D eigenvalue weighted by Gasteiger charge is 2.51. The monoisotopic (exact) mass is 440 g/mol. The van der Waals surface area contributed by atoms with Gasteiger partial charge < -0.3 is 5.32 Å². The van der Waals surface area contributed by atoms with E-state index in [1.54, 1.807) is 0 Å². The summed E-state index contributed by atoms with van der Waals surface area (Å²) in [5, 5.41) is 7.80. The SMILES string of the molecule is CC(C)C[C@H](C(=O)N[C@H]1CCCc2c1cnn2C(C)(C)C)N1C(=O)[C@H]2CC=CC[C@H]2C1=O. The van der Waals surface area contributed by atoms with E-state index in [0.717, 1.165) is 24.8 Å². The van der Waals surface area contributed by atoms with Crippen LogP contribution in [0.25, 0.3) is 0 Å². The van der Waals surface area contributed by atoms with E-state index in [2.05, 4.69) is 35.9 Å². The third-order valence-corrected chi connectivity index (χ3v) is 6.99. The molecule has 1 saturated heterocycles. The van der Waals surface area contributed by atoms with Gasteiger partial charge in [-0.15, -0.1) is 0 Å². The van der Waals surface area contributed by atoms with Crippen molar-refractivity contribution in [3.63, 3.8) is 0 Å². The Morgan fingerprint density at radius 2 is 1.78 bits per heavy atom. The molecule has 2 aliphatic carbocycles. The van der Waals surface area contributed by atoms with Crippen LogP contribution in [0.5, 0.6) is 0 Å². The number of hydrogen-bond donors (Lipinski definition) is 1. The summed E-state index contributed by atoms with van der Waals surface area (Å²) in [5.74, 6) is -1.06. The van der Waals surface area contributed by atoms with Gasteiger partial charge in [-0.25, -0.2) is 0 Å². The predicted octanol–water partition coefficient (Wildman–Crippen LogP) is 3.50. The Balaban J connectivity index is 1.58. The van der Waals surface area contributed by atoms with E-state index in [9.17, 15) is 14.4 Å². The summed E-state index contributed by atoms with van der Waals surface area (Å²) in [5.41, 5.74) is 2.10. The molecule has 1 fully saturated rings. The van der Waals surface area contributed by atoms with Gasteiger partial charge in [0.05, 0.1) is 29.6 Å². The number of fused-ring (bicyclic) bond motifs is 2. The van der Waals surface area contributed by atoms with E-state index in [4.69, 9.17) is 0 Å². The summed E-state index contributed by atoms with van der Waals surface area (Å²) in [6.45, 7) is 10.4. The third kappa shape index (κ3) is 4.02. The van der Waals surface area contributed by atoms with Gasteiger partial charge in [-0.2, -0.15) is 5.10 Å². The number of nitrogens with one attached hydrogen (secondary N) is 1. The lowest BCUT2D eigenvalue weighted by molar-refractivity contribution is -0.148. The van der Waals surface area contributed by atoms with Crippen LogP contribution < -0.4 is 5.32 Å². The molecule has 0 saturated carbocycles. The van der Waals surface area contributed by atoms with Crippen LogP contribution in [-0.4, -0.2) is 38.4 Å². The van der Waals surface area contributed by atoms with Crippen LogP contribution in [0, 0.1) is 17.8 Å². The normalized spacial score (nSPS) is 26.3. The maximum atomic E-state index is 13.5. The Morgan fingerprint density at radius 3 is 2.34 bits per heavy atom. The summed E-state index contributed by atoms with van der Waals surface area (Å²) in [7, 11) is 0. The molecule has 0 spiro atoms. The third-order valence-electron chi connectivity index (χ3n) is 6.99. The van der Waals surface area contributed by atoms with Crippen LogP contribution in [0.4, 0.5) is 0 Å². The molecule has 7 heteroatoms. The quantitative estimate of drug-likeness (QED) is 0.561. The topological polar surface area (TPSA) is 84.3 Å². The van der Waals surface area contributed by atoms with Crippen molar-refractivity contribution in [2.45, 2.75) is 90.8 Å². The van der Waals surface area contributed by atoms with Crippen molar-refractivity contribution >= 4 is 17.7 Å². The van der Waals surface area contributed by atoms with E-state index in [0.29, 0.717) is 19.3 Å². The van der Waals surface area contributed by atoms with Crippen LogP contribution >= 0.6 is 0 Å². The van der Waals surface area contributed by atoms with Crippen molar-refractivity contribution in [3.05, 3.63) is 29.6 Å². The Hall–Kier alpha value is -2.44. The minimum Gasteiger partial charge on any atom is -0.347 e. The lowest BCUT2D eigenvalue weighted by Gasteiger charge is -2.31. The van der Waals surface area contributed by atoms with Gasteiger partial charge in [-0.3, -0.25) is 24.0 Å². The number of likely N-dealkylation sites (tertiary alicyclic amines) is 1. The average molecular weight is 441 g/mol. The van der Waals surface area contributed by atoms with Crippen molar-refractivity contribution in [3.8, 4) is 0 Å². The molecule has 0 aromatic carbocycles. The second-order valence-electron chi connectivity index (χ2n) is 10.9. The number of imide groups is 1. The molecule has 1 aliphatic heterocycles. The van der Waals surface area contributed by atoms with E-state index in [1.807, 2.05) is 32.2 Å². The first kappa shape index (κ1) is 22.7. The maximum absolute atomic E-state index is 13.5.